The summed E-state index contributed by atoms with van der Waals surface area (Å²) in [6, 6.07) is -0.703. The Morgan fingerprint density at radius 2 is 1.93 bits per heavy atom. The summed E-state index contributed by atoms with van der Waals surface area (Å²) < 4.78 is 4.42. The SMILES string of the molecule is COC(=O)/C=C(\C)N[C@H](C(=O)O)C(C)C. The first-order valence-electron chi connectivity index (χ1n) is 4.64. The smallest absolute Gasteiger partial charge is 0.332 e. The monoisotopic (exact) mass is 215 g/mol. The minimum Gasteiger partial charge on any atom is -0.480 e. The molecule has 5 heteroatoms. The average molecular weight is 215 g/mol. The lowest BCUT2D eigenvalue weighted by Gasteiger charge is -2.19. The quantitative estimate of drug-likeness (QED) is 0.523. The van der Waals surface area contributed by atoms with Crippen molar-refractivity contribution >= 4 is 11.9 Å². The normalized spacial score (nSPS) is 13.5. The molecule has 0 fully saturated rings. The Morgan fingerprint density at radius 3 is 2.27 bits per heavy atom. The molecule has 1 atom stereocenters. The second-order valence-electron chi connectivity index (χ2n) is 3.55. The van der Waals surface area contributed by atoms with Gasteiger partial charge in [0.25, 0.3) is 0 Å². The molecule has 86 valence electrons. The van der Waals surface area contributed by atoms with E-state index >= 15 is 0 Å². The highest BCUT2D eigenvalue weighted by Gasteiger charge is 2.20. The molecule has 0 unspecified atom stereocenters. The first-order valence-corrected chi connectivity index (χ1v) is 4.64. The van der Waals surface area contributed by atoms with E-state index in [1.165, 1.54) is 13.2 Å². The number of esters is 1. The van der Waals surface area contributed by atoms with Gasteiger partial charge in [-0.1, -0.05) is 13.8 Å². The van der Waals surface area contributed by atoms with Crippen molar-refractivity contribution in [2.45, 2.75) is 26.8 Å². The molecule has 0 aliphatic carbocycles. The van der Waals surface area contributed by atoms with Crippen LogP contribution in [0.5, 0.6) is 0 Å². The molecule has 0 aromatic heterocycles. The Balaban J connectivity index is 4.48. The van der Waals surface area contributed by atoms with Crippen LogP contribution in [0.3, 0.4) is 0 Å². The van der Waals surface area contributed by atoms with Crippen LogP contribution in [0, 0.1) is 5.92 Å². The van der Waals surface area contributed by atoms with Crippen LogP contribution in [0.1, 0.15) is 20.8 Å². The number of methoxy groups -OCH3 is 1. The largest absolute Gasteiger partial charge is 0.480 e. The zero-order valence-corrected chi connectivity index (χ0v) is 9.40. The molecule has 0 rings (SSSR count). The van der Waals surface area contributed by atoms with Crippen LogP contribution in [0.2, 0.25) is 0 Å². The van der Waals surface area contributed by atoms with Gasteiger partial charge in [-0.3, -0.25) is 0 Å². The van der Waals surface area contributed by atoms with Gasteiger partial charge >= 0.3 is 11.9 Å². The van der Waals surface area contributed by atoms with E-state index in [1.54, 1.807) is 20.8 Å². The molecule has 0 heterocycles. The van der Waals surface area contributed by atoms with E-state index in [0.717, 1.165) is 0 Å². The maximum absolute atomic E-state index is 10.9. The van der Waals surface area contributed by atoms with Crippen molar-refractivity contribution in [1.82, 2.24) is 5.32 Å². The summed E-state index contributed by atoms with van der Waals surface area (Å²) in [5.41, 5.74) is 0.475. The zero-order valence-electron chi connectivity index (χ0n) is 9.40. The lowest BCUT2D eigenvalue weighted by atomic mass is 10.0. The lowest BCUT2D eigenvalue weighted by Crippen LogP contribution is -2.40. The number of carboxylic acids is 1. The van der Waals surface area contributed by atoms with E-state index in [4.69, 9.17) is 5.11 Å². The highest BCUT2D eigenvalue weighted by atomic mass is 16.5. The minimum absolute atomic E-state index is 0.0662. The van der Waals surface area contributed by atoms with Gasteiger partial charge in [-0.15, -0.1) is 0 Å². The Kier molecular flexibility index (Phi) is 5.44. The number of aliphatic carboxylic acids is 1. The van der Waals surface area contributed by atoms with Crippen LogP contribution in [0.4, 0.5) is 0 Å². The van der Waals surface area contributed by atoms with Gasteiger partial charge in [-0.05, 0) is 12.8 Å². The van der Waals surface area contributed by atoms with Gasteiger partial charge in [-0.25, -0.2) is 9.59 Å². The summed E-state index contributed by atoms with van der Waals surface area (Å²) in [5, 5.41) is 11.6. The van der Waals surface area contributed by atoms with E-state index in [1.807, 2.05) is 0 Å². The first kappa shape index (κ1) is 13.5. The molecule has 0 aliphatic heterocycles. The number of hydrogen-bond acceptors (Lipinski definition) is 4. The number of carbonyl (C=O) groups is 2. The number of hydrogen-bond donors (Lipinski definition) is 2. The average Bonchev–Trinajstić information content (AvgIpc) is 2.12. The predicted molar refractivity (Wildman–Crippen MR) is 55.2 cm³/mol. The summed E-state index contributed by atoms with van der Waals surface area (Å²) in [6.07, 6.45) is 1.22. The van der Waals surface area contributed by atoms with Gasteiger partial charge in [-0.2, -0.15) is 0 Å². The van der Waals surface area contributed by atoms with Crippen molar-refractivity contribution in [2.75, 3.05) is 7.11 Å². The molecule has 15 heavy (non-hydrogen) atoms. The Hall–Kier alpha value is -1.52. The molecular weight excluding hydrogens is 198 g/mol. The van der Waals surface area contributed by atoms with Crippen molar-refractivity contribution in [3.05, 3.63) is 11.8 Å². The van der Waals surface area contributed by atoms with Crippen LogP contribution in [0.25, 0.3) is 0 Å². The van der Waals surface area contributed by atoms with Gasteiger partial charge in [0.2, 0.25) is 0 Å². The second kappa shape index (κ2) is 6.06. The lowest BCUT2D eigenvalue weighted by molar-refractivity contribution is -0.140. The zero-order chi connectivity index (χ0) is 12.0. The van der Waals surface area contributed by atoms with E-state index in [9.17, 15) is 9.59 Å². The molecule has 0 spiro atoms. The number of allylic oxidation sites excluding steroid dienone is 1. The van der Waals surface area contributed by atoms with E-state index in [-0.39, 0.29) is 5.92 Å². The first-order chi connectivity index (χ1) is 6.88. The van der Waals surface area contributed by atoms with Crippen LogP contribution >= 0.6 is 0 Å². The van der Waals surface area contributed by atoms with Crippen molar-refractivity contribution in [1.29, 1.82) is 0 Å². The number of ether oxygens (including phenoxy) is 1. The maximum atomic E-state index is 10.9. The molecule has 0 bridgehead atoms. The second-order valence-corrected chi connectivity index (χ2v) is 3.55. The number of carboxylic acid groups (broad SMARTS) is 1. The van der Waals surface area contributed by atoms with Gasteiger partial charge in [0.1, 0.15) is 6.04 Å². The third kappa shape index (κ3) is 5.05. The van der Waals surface area contributed by atoms with Gasteiger partial charge in [0.05, 0.1) is 7.11 Å². The molecule has 0 radical (unpaired) electrons. The van der Waals surface area contributed by atoms with Crippen LogP contribution in [-0.4, -0.2) is 30.2 Å². The van der Waals surface area contributed by atoms with Crippen LogP contribution < -0.4 is 5.32 Å². The van der Waals surface area contributed by atoms with E-state index in [0.29, 0.717) is 5.70 Å². The van der Waals surface area contributed by atoms with E-state index < -0.39 is 18.0 Å². The highest BCUT2D eigenvalue weighted by molar-refractivity contribution is 5.82. The number of rotatable bonds is 5. The highest BCUT2D eigenvalue weighted by Crippen LogP contribution is 2.04. The summed E-state index contributed by atoms with van der Waals surface area (Å²) in [7, 11) is 1.27. The predicted octanol–water partition coefficient (Wildman–Crippen LogP) is 0.762. The maximum Gasteiger partial charge on any atom is 0.332 e. The Labute approximate surface area is 89.1 Å². The van der Waals surface area contributed by atoms with Crippen molar-refractivity contribution in [3.63, 3.8) is 0 Å². The Morgan fingerprint density at radius 1 is 1.40 bits per heavy atom. The number of carbonyl (C=O) groups excluding carboxylic acids is 1. The molecular formula is C10H17NO4. The Bertz CT molecular complexity index is 271. The molecule has 0 aromatic carbocycles. The fourth-order valence-electron chi connectivity index (χ4n) is 1.04. The standard InChI is InChI=1S/C10H17NO4/c1-6(2)9(10(13)14)11-7(3)5-8(12)15-4/h5-6,9,11H,1-4H3,(H,13,14)/b7-5+/t9-/m0/s1. The molecule has 5 nitrogen and oxygen atoms in total. The fourth-order valence-corrected chi connectivity index (χ4v) is 1.04. The van der Waals surface area contributed by atoms with Gasteiger partial charge in [0, 0.05) is 11.8 Å². The van der Waals surface area contributed by atoms with Gasteiger partial charge in [0.15, 0.2) is 0 Å². The van der Waals surface area contributed by atoms with Crippen molar-refractivity contribution in [3.8, 4) is 0 Å². The van der Waals surface area contributed by atoms with E-state index in [2.05, 4.69) is 10.1 Å². The van der Waals surface area contributed by atoms with Crippen LogP contribution in [-0.2, 0) is 14.3 Å². The number of nitrogens with one attached hydrogen (secondary N) is 1. The fraction of sp³-hybridized carbons (Fsp3) is 0.600. The summed E-state index contributed by atoms with van der Waals surface area (Å²) in [4.78, 5) is 21.7. The van der Waals surface area contributed by atoms with Gasteiger partial charge < -0.3 is 15.2 Å². The molecule has 0 saturated heterocycles. The topological polar surface area (TPSA) is 75.6 Å². The molecule has 2 N–H and O–H groups in total. The summed E-state index contributed by atoms with van der Waals surface area (Å²) >= 11 is 0. The minimum atomic E-state index is -0.942. The molecule has 0 aromatic rings. The molecule has 0 amide bonds. The third-order valence-electron chi connectivity index (χ3n) is 1.85. The van der Waals surface area contributed by atoms with Crippen molar-refractivity contribution in [2.24, 2.45) is 5.92 Å². The summed E-state index contributed by atoms with van der Waals surface area (Å²) in [6.45, 7) is 5.20. The van der Waals surface area contributed by atoms with Crippen molar-refractivity contribution < 1.29 is 19.4 Å². The third-order valence-corrected chi connectivity index (χ3v) is 1.85. The molecule has 0 saturated carbocycles. The summed E-state index contributed by atoms with van der Waals surface area (Å²) in [5.74, 6) is -1.51. The molecule has 0 aliphatic rings. The van der Waals surface area contributed by atoms with Crippen LogP contribution in [0.15, 0.2) is 11.8 Å².